The lowest BCUT2D eigenvalue weighted by atomic mass is 10.0. The number of hydrogen-bond donors (Lipinski definition) is 1. The molecule has 0 unspecified atom stereocenters. The van der Waals surface area contributed by atoms with Crippen LogP contribution in [0, 0.1) is 6.92 Å². The number of methoxy groups -OCH3 is 1. The Labute approximate surface area is 233 Å². The van der Waals surface area contributed by atoms with Gasteiger partial charge < -0.3 is 24.4 Å². The number of pyridine rings is 1. The molecule has 0 radical (unpaired) electrons. The summed E-state index contributed by atoms with van der Waals surface area (Å²) in [5.74, 6) is -1.47. The van der Waals surface area contributed by atoms with Crippen LogP contribution in [-0.4, -0.2) is 86.1 Å². The van der Waals surface area contributed by atoms with E-state index in [4.69, 9.17) is 14.2 Å². The van der Waals surface area contributed by atoms with Crippen LogP contribution in [-0.2, 0) is 7.05 Å². The number of tetrazole rings is 1. The maximum atomic E-state index is 14.9. The van der Waals surface area contributed by atoms with Crippen molar-refractivity contribution >= 4 is 35.2 Å². The van der Waals surface area contributed by atoms with E-state index in [9.17, 15) is 8.78 Å². The van der Waals surface area contributed by atoms with Crippen LogP contribution in [0.1, 0.15) is 17.8 Å². The molecule has 1 aliphatic rings. The molecule has 0 amide bonds. The van der Waals surface area contributed by atoms with E-state index in [1.54, 1.807) is 37.2 Å². The average Bonchev–Trinajstić information content (AvgIpc) is 3.34. The SMILES string of the molecule is C=N/C(=C\c1nnnn1C)Oc1ccc(Nc2ncnc3cnc(OC)c(O[C@@H]4CCN(C)CC4(F)F)c23)cc1C. The molecule has 214 valence electrons. The summed E-state index contributed by atoms with van der Waals surface area (Å²) < 4.78 is 48.5. The molecule has 4 heterocycles. The normalized spacial score (nSPS) is 17.3. The number of ether oxygens (including phenoxy) is 3. The van der Waals surface area contributed by atoms with E-state index in [0.717, 1.165) is 5.56 Å². The molecule has 13 nitrogen and oxygen atoms in total. The summed E-state index contributed by atoms with van der Waals surface area (Å²) in [6.45, 7) is 5.45. The first kappa shape index (κ1) is 27.8. The fourth-order valence-corrected chi connectivity index (χ4v) is 4.40. The van der Waals surface area contributed by atoms with Crippen molar-refractivity contribution in [3.63, 3.8) is 0 Å². The molecular weight excluding hydrogens is 538 g/mol. The van der Waals surface area contributed by atoms with Gasteiger partial charge in [0.25, 0.3) is 11.8 Å². The zero-order chi connectivity index (χ0) is 29.1. The Kier molecular flexibility index (Phi) is 7.70. The van der Waals surface area contributed by atoms with Gasteiger partial charge >= 0.3 is 0 Å². The van der Waals surface area contributed by atoms with E-state index in [-0.39, 0.29) is 23.9 Å². The molecular formula is C26H28F2N10O3. The van der Waals surface area contributed by atoms with Gasteiger partial charge in [0.1, 0.15) is 17.9 Å². The number of nitrogens with one attached hydrogen (secondary N) is 1. The first-order valence-corrected chi connectivity index (χ1v) is 12.6. The van der Waals surface area contributed by atoms with Crippen LogP contribution < -0.4 is 19.5 Å². The predicted molar refractivity (Wildman–Crippen MR) is 147 cm³/mol. The van der Waals surface area contributed by atoms with Crippen LogP contribution in [0.15, 0.2) is 41.6 Å². The van der Waals surface area contributed by atoms with Crippen molar-refractivity contribution < 1.29 is 23.0 Å². The third-order valence-corrected chi connectivity index (χ3v) is 6.49. The van der Waals surface area contributed by atoms with Gasteiger partial charge in [0, 0.05) is 31.8 Å². The number of piperidine rings is 1. The van der Waals surface area contributed by atoms with Gasteiger partial charge in [-0.05, 0) is 54.9 Å². The number of nitrogens with zero attached hydrogens (tertiary/aromatic N) is 9. The predicted octanol–water partition coefficient (Wildman–Crippen LogP) is 3.41. The minimum absolute atomic E-state index is 0.0455. The first-order valence-electron chi connectivity index (χ1n) is 12.6. The van der Waals surface area contributed by atoms with Gasteiger partial charge in [-0.2, -0.15) is 0 Å². The molecule has 4 aromatic rings. The summed E-state index contributed by atoms with van der Waals surface area (Å²) in [5, 5.41) is 14.9. The molecule has 0 saturated carbocycles. The molecule has 0 bridgehead atoms. The van der Waals surface area contributed by atoms with E-state index in [2.05, 4.69) is 47.5 Å². The number of alkyl halides is 2. The van der Waals surface area contributed by atoms with Crippen LogP contribution in [0.4, 0.5) is 20.3 Å². The quantitative estimate of drug-likeness (QED) is 0.236. The maximum absolute atomic E-state index is 14.9. The Bertz CT molecular complexity index is 1610. The molecule has 1 N–H and O–H groups in total. The molecule has 41 heavy (non-hydrogen) atoms. The zero-order valence-corrected chi connectivity index (χ0v) is 22.9. The Morgan fingerprint density at radius 2 is 2.07 bits per heavy atom. The third kappa shape index (κ3) is 5.89. The highest BCUT2D eigenvalue weighted by atomic mass is 19.3. The summed E-state index contributed by atoms with van der Waals surface area (Å²) in [7, 11) is 4.74. The van der Waals surface area contributed by atoms with Gasteiger partial charge in [0.15, 0.2) is 17.7 Å². The molecule has 1 saturated heterocycles. The van der Waals surface area contributed by atoms with Crippen molar-refractivity contribution in [2.24, 2.45) is 12.0 Å². The number of aryl methyl sites for hydroxylation is 2. The van der Waals surface area contributed by atoms with Gasteiger partial charge in [-0.15, -0.1) is 5.10 Å². The molecule has 5 rings (SSSR count). The molecule has 0 aliphatic carbocycles. The van der Waals surface area contributed by atoms with E-state index in [0.29, 0.717) is 40.5 Å². The lowest BCUT2D eigenvalue weighted by Gasteiger charge is -2.36. The number of benzene rings is 1. The van der Waals surface area contributed by atoms with Crippen LogP contribution in [0.25, 0.3) is 17.0 Å². The first-order chi connectivity index (χ1) is 19.7. The molecule has 3 aromatic heterocycles. The van der Waals surface area contributed by atoms with Gasteiger partial charge in [0.2, 0.25) is 5.88 Å². The van der Waals surface area contributed by atoms with E-state index >= 15 is 0 Å². The Morgan fingerprint density at radius 3 is 2.76 bits per heavy atom. The molecule has 1 aliphatic heterocycles. The van der Waals surface area contributed by atoms with Crippen LogP contribution >= 0.6 is 0 Å². The number of hydrogen-bond acceptors (Lipinski definition) is 12. The topological polar surface area (TPSA) is 138 Å². The number of likely N-dealkylation sites (tertiary alicyclic amines) is 1. The highest BCUT2D eigenvalue weighted by Crippen LogP contribution is 2.41. The number of aromatic nitrogens is 7. The average molecular weight is 567 g/mol. The molecule has 15 heteroatoms. The van der Waals surface area contributed by atoms with Gasteiger partial charge in [-0.25, -0.2) is 33.4 Å². The number of aliphatic imine (C=N–C) groups is 1. The highest BCUT2D eigenvalue weighted by molar-refractivity contribution is 5.96. The third-order valence-electron chi connectivity index (χ3n) is 6.49. The van der Waals surface area contributed by atoms with E-state index in [1.165, 1.54) is 24.3 Å². The van der Waals surface area contributed by atoms with Crippen LogP contribution in [0.5, 0.6) is 17.4 Å². The Balaban J connectivity index is 1.45. The number of anilines is 2. The second kappa shape index (κ2) is 11.4. The van der Waals surface area contributed by atoms with Gasteiger partial charge in [-0.3, -0.25) is 0 Å². The molecule has 1 aromatic carbocycles. The van der Waals surface area contributed by atoms with Crippen molar-refractivity contribution in [1.29, 1.82) is 0 Å². The number of fused-ring (bicyclic) bond motifs is 1. The number of rotatable bonds is 9. The van der Waals surface area contributed by atoms with Crippen molar-refractivity contribution in [3.8, 4) is 17.4 Å². The van der Waals surface area contributed by atoms with Gasteiger partial charge in [0.05, 0.1) is 30.8 Å². The maximum Gasteiger partial charge on any atom is 0.296 e. The summed E-state index contributed by atoms with van der Waals surface area (Å²) >= 11 is 0. The van der Waals surface area contributed by atoms with E-state index < -0.39 is 18.6 Å². The lowest BCUT2D eigenvalue weighted by molar-refractivity contribution is -0.135. The van der Waals surface area contributed by atoms with Crippen LogP contribution in [0.2, 0.25) is 0 Å². The smallest absolute Gasteiger partial charge is 0.296 e. The van der Waals surface area contributed by atoms with Crippen molar-refractivity contribution in [1.82, 2.24) is 40.1 Å². The largest absolute Gasteiger partial charge is 0.478 e. The summed E-state index contributed by atoms with van der Waals surface area (Å²) in [5.41, 5.74) is 1.81. The molecule has 1 fully saturated rings. The van der Waals surface area contributed by atoms with E-state index in [1.807, 2.05) is 13.0 Å². The monoisotopic (exact) mass is 566 g/mol. The summed E-state index contributed by atoms with van der Waals surface area (Å²) in [6.07, 6.45) is 3.15. The summed E-state index contributed by atoms with van der Waals surface area (Å²) in [6, 6.07) is 5.34. The lowest BCUT2D eigenvalue weighted by Crippen LogP contribution is -2.52. The summed E-state index contributed by atoms with van der Waals surface area (Å²) in [4.78, 5) is 18.4. The fraction of sp³-hybridized carbons (Fsp3) is 0.346. The molecule has 1 atom stereocenters. The highest BCUT2D eigenvalue weighted by Gasteiger charge is 2.46. The number of halogens is 2. The standard InChI is InChI=1S/C26H28F2N10O3/c1-15-10-16(6-7-18(15)40-21(29-2)11-20-34-35-36-38(20)4)33-24-22-17(31-14-32-24)12-30-25(39-5)23(22)41-19-8-9-37(3)13-26(19,27)28/h6-7,10-12,14,19H,2,8-9,13H2,1,3-5H3,(H,31,32,33)/b21-11+/t19-/m1/s1. The van der Waals surface area contributed by atoms with Crippen molar-refractivity contribution in [3.05, 3.63) is 48.0 Å². The Hall–Kier alpha value is -4.79. The van der Waals surface area contributed by atoms with Crippen molar-refractivity contribution in [2.45, 2.75) is 25.4 Å². The fourth-order valence-electron chi connectivity index (χ4n) is 4.40. The second-order valence-corrected chi connectivity index (χ2v) is 9.48. The zero-order valence-electron chi connectivity index (χ0n) is 22.9. The molecule has 0 spiro atoms. The van der Waals surface area contributed by atoms with Crippen LogP contribution in [0.3, 0.4) is 0 Å². The second-order valence-electron chi connectivity index (χ2n) is 9.48. The van der Waals surface area contributed by atoms with Crippen molar-refractivity contribution in [2.75, 3.05) is 32.6 Å². The Morgan fingerprint density at radius 1 is 1.24 bits per heavy atom. The minimum atomic E-state index is -3.08. The minimum Gasteiger partial charge on any atom is -0.478 e. The van der Waals surface area contributed by atoms with Gasteiger partial charge in [-0.1, -0.05) is 0 Å².